The number of nitrogens with one attached hydrogen (secondary N) is 1. The van der Waals surface area contributed by atoms with Crippen molar-refractivity contribution in [3.8, 4) is 0 Å². The first kappa shape index (κ1) is 16.1. The summed E-state index contributed by atoms with van der Waals surface area (Å²) in [5.74, 6) is 0.866. The standard InChI is InChI=1S/C14H26N2O3/c1-3-14(17)18-10-11(2)19-16-9-13-6-4-5-12(7-13)8-15/h3,11-13,16H,1,4-10,15H2,2H3. The van der Waals surface area contributed by atoms with Crippen LogP contribution in [-0.4, -0.2) is 31.8 Å². The zero-order valence-corrected chi connectivity index (χ0v) is 11.8. The second kappa shape index (κ2) is 9.07. The molecule has 1 rings (SSSR count). The van der Waals surface area contributed by atoms with Gasteiger partial charge in [-0.2, -0.15) is 0 Å². The van der Waals surface area contributed by atoms with E-state index in [1.54, 1.807) is 0 Å². The lowest BCUT2D eigenvalue weighted by molar-refractivity contribution is -0.144. The molecule has 1 saturated carbocycles. The average Bonchev–Trinajstić information content (AvgIpc) is 2.45. The average molecular weight is 270 g/mol. The van der Waals surface area contributed by atoms with E-state index in [0.29, 0.717) is 11.8 Å². The number of hydrogen-bond acceptors (Lipinski definition) is 5. The molecule has 5 heteroatoms. The Morgan fingerprint density at radius 3 is 2.95 bits per heavy atom. The molecule has 3 unspecified atom stereocenters. The van der Waals surface area contributed by atoms with Crippen molar-refractivity contribution in [1.29, 1.82) is 0 Å². The van der Waals surface area contributed by atoms with Crippen molar-refractivity contribution in [3.63, 3.8) is 0 Å². The van der Waals surface area contributed by atoms with Crippen LogP contribution in [0, 0.1) is 11.8 Å². The number of nitrogens with two attached hydrogens (primary N) is 1. The van der Waals surface area contributed by atoms with Gasteiger partial charge in [0.25, 0.3) is 0 Å². The van der Waals surface area contributed by atoms with Gasteiger partial charge in [-0.3, -0.25) is 4.84 Å². The number of carbonyl (C=O) groups is 1. The van der Waals surface area contributed by atoms with E-state index in [0.717, 1.165) is 19.2 Å². The second-order valence-corrected chi connectivity index (χ2v) is 5.25. The normalized spacial score (nSPS) is 24.7. The lowest BCUT2D eigenvalue weighted by atomic mass is 9.81. The van der Waals surface area contributed by atoms with Gasteiger partial charge in [0.1, 0.15) is 12.7 Å². The molecular formula is C14H26N2O3. The van der Waals surface area contributed by atoms with Crippen molar-refractivity contribution in [2.24, 2.45) is 17.6 Å². The third-order valence-corrected chi connectivity index (χ3v) is 3.51. The summed E-state index contributed by atoms with van der Waals surface area (Å²) in [6.45, 7) is 7.03. The van der Waals surface area contributed by atoms with Crippen molar-refractivity contribution in [3.05, 3.63) is 12.7 Å². The Balaban J connectivity index is 2.08. The van der Waals surface area contributed by atoms with Crippen molar-refractivity contribution < 1.29 is 14.4 Å². The highest BCUT2D eigenvalue weighted by Gasteiger charge is 2.20. The number of hydroxylamine groups is 1. The molecule has 5 nitrogen and oxygen atoms in total. The Bertz CT molecular complexity index is 284. The van der Waals surface area contributed by atoms with Crippen LogP contribution < -0.4 is 11.2 Å². The zero-order chi connectivity index (χ0) is 14.1. The summed E-state index contributed by atoms with van der Waals surface area (Å²) in [6, 6.07) is 0. The fraction of sp³-hybridized carbons (Fsp3) is 0.786. The third kappa shape index (κ3) is 6.71. The summed E-state index contributed by atoms with van der Waals surface area (Å²) in [4.78, 5) is 16.3. The quantitative estimate of drug-likeness (QED) is 0.396. The molecule has 19 heavy (non-hydrogen) atoms. The minimum absolute atomic E-state index is 0.169. The molecule has 3 N–H and O–H groups in total. The Hall–Kier alpha value is -0.910. The van der Waals surface area contributed by atoms with Gasteiger partial charge in [0.2, 0.25) is 0 Å². The van der Waals surface area contributed by atoms with Gasteiger partial charge >= 0.3 is 5.97 Å². The number of esters is 1. The first-order valence-corrected chi connectivity index (χ1v) is 7.03. The second-order valence-electron chi connectivity index (χ2n) is 5.25. The topological polar surface area (TPSA) is 73.6 Å². The van der Waals surface area contributed by atoms with E-state index in [1.807, 2.05) is 6.92 Å². The monoisotopic (exact) mass is 270 g/mol. The van der Waals surface area contributed by atoms with Gasteiger partial charge < -0.3 is 10.5 Å². The fourth-order valence-corrected chi connectivity index (χ4v) is 2.40. The molecule has 0 radical (unpaired) electrons. The molecule has 0 aromatic rings. The van der Waals surface area contributed by atoms with Crippen molar-refractivity contribution in [1.82, 2.24) is 5.48 Å². The molecule has 1 aliphatic rings. The van der Waals surface area contributed by atoms with E-state index in [2.05, 4.69) is 12.1 Å². The van der Waals surface area contributed by atoms with E-state index in [1.165, 1.54) is 25.7 Å². The maximum atomic E-state index is 10.9. The van der Waals surface area contributed by atoms with E-state index < -0.39 is 5.97 Å². The van der Waals surface area contributed by atoms with E-state index in [9.17, 15) is 4.79 Å². The Morgan fingerprint density at radius 2 is 2.26 bits per heavy atom. The smallest absolute Gasteiger partial charge is 0.330 e. The SMILES string of the molecule is C=CC(=O)OCC(C)ONCC1CCCC(CN)C1. The summed E-state index contributed by atoms with van der Waals surface area (Å²) in [7, 11) is 0. The highest BCUT2D eigenvalue weighted by molar-refractivity contribution is 5.81. The molecule has 0 aliphatic heterocycles. The van der Waals surface area contributed by atoms with Gasteiger partial charge in [-0.1, -0.05) is 13.0 Å². The summed E-state index contributed by atoms with van der Waals surface area (Å²) in [5.41, 5.74) is 8.70. The van der Waals surface area contributed by atoms with Gasteiger partial charge in [0.05, 0.1) is 0 Å². The molecule has 0 bridgehead atoms. The highest BCUT2D eigenvalue weighted by atomic mass is 16.7. The molecule has 1 aliphatic carbocycles. The molecule has 0 amide bonds. The lowest BCUT2D eigenvalue weighted by Crippen LogP contribution is -2.33. The summed E-state index contributed by atoms with van der Waals surface area (Å²) in [5, 5.41) is 0. The van der Waals surface area contributed by atoms with E-state index in [4.69, 9.17) is 15.3 Å². The van der Waals surface area contributed by atoms with Gasteiger partial charge in [-0.15, -0.1) is 0 Å². The minimum atomic E-state index is -0.423. The Labute approximate surface area is 115 Å². The van der Waals surface area contributed by atoms with E-state index >= 15 is 0 Å². The Kier molecular flexibility index (Phi) is 7.70. The first-order chi connectivity index (χ1) is 9.15. The summed E-state index contributed by atoms with van der Waals surface area (Å²) >= 11 is 0. The maximum Gasteiger partial charge on any atom is 0.330 e. The summed E-state index contributed by atoms with van der Waals surface area (Å²) < 4.78 is 4.89. The minimum Gasteiger partial charge on any atom is -0.460 e. The molecular weight excluding hydrogens is 244 g/mol. The van der Waals surface area contributed by atoms with Crippen LogP contribution in [0.4, 0.5) is 0 Å². The van der Waals surface area contributed by atoms with E-state index in [-0.39, 0.29) is 12.7 Å². The molecule has 0 spiro atoms. The largest absolute Gasteiger partial charge is 0.460 e. The van der Waals surface area contributed by atoms with Crippen LogP contribution in [0.1, 0.15) is 32.6 Å². The fourth-order valence-electron chi connectivity index (χ4n) is 2.40. The van der Waals surface area contributed by atoms with Crippen LogP contribution in [0.3, 0.4) is 0 Å². The molecule has 3 atom stereocenters. The Morgan fingerprint density at radius 1 is 1.53 bits per heavy atom. The summed E-state index contributed by atoms with van der Waals surface area (Å²) in [6.07, 6.45) is 5.88. The molecule has 110 valence electrons. The number of hydrogen-bond donors (Lipinski definition) is 2. The van der Waals surface area contributed by atoms with Crippen LogP contribution in [0.25, 0.3) is 0 Å². The lowest BCUT2D eigenvalue weighted by Gasteiger charge is -2.28. The van der Waals surface area contributed by atoms with Crippen molar-refractivity contribution in [2.45, 2.75) is 38.7 Å². The van der Waals surface area contributed by atoms with Crippen molar-refractivity contribution in [2.75, 3.05) is 19.7 Å². The van der Waals surface area contributed by atoms with Gasteiger partial charge in [-0.05, 0) is 44.6 Å². The third-order valence-electron chi connectivity index (χ3n) is 3.51. The van der Waals surface area contributed by atoms with Crippen LogP contribution >= 0.6 is 0 Å². The van der Waals surface area contributed by atoms with Crippen LogP contribution in [0.2, 0.25) is 0 Å². The molecule has 0 heterocycles. The van der Waals surface area contributed by atoms with Crippen LogP contribution in [0.5, 0.6) is 0 Å². The predicted octanol–water partition coefficient (Wildman–Crippen LogP) is 1.39. The first-order valence-electron chi connectivity index (χ1n) is 7.03. The highest BCUT2D eigenvalue weighted by Crippen LogP contribution is 2.27. The number of carbonyl (C=O) groups excluding carboxylic acids is 1. The number of rotatable bonds is 8. The van der Waals surface area contributed by atoms with Gasteiger partial charge in [-0.25, -0.2) is 10.3 Å². The van der Waals surface area contributed by atoms with Crippen LogP contribution in [0.15, 0.2) is 12.7 Å². The molecule has 0 saturated heterocycles. The van der Waals surface area contributed by atoms with Crippen LogP contribution in [-0.2, 0) is 14.4 Å². The number of ether oxygens (including phenoxy) is 1. The maximum absolute atomic E-state index is 10.9. The van der Waals surface area contributed by atoms with Gasteiger partial charge in [0, 0.05) is 12.6 Å². The zero-order valence-electron chi connectivity index (χ0n) is 11.8. The molecule has 1 fully saturated rings. The molecule has 0 aromatic carbocycles. The predicted molar refractivity (Wildman–Crippen MR) is 74.2 cm³/mol. The van der Waals surface area contributed by atoms with Gasteiger partial charge in [0.15, 0.2) is 0 Å². The molecule has 0 aromatic heterocycles. The van der Waals surface area contributed by atoms with Crippen molar-refractivity contribution >= 4 is 5.97 Å².